The third-order valence-electron chi connectivity index (χ3n) is 23.9. The fourth-order valence-corrected chi connectivity index (χ4v) is 16.0. The number of carbonyl (C=O) groups excluding carboxylic acids is 6. The summed E-state index contributed by atoms with van der Waals surface area (Å²) in [5, 5.41) is 0. The number of amides is 6. The van der Waals surface area contributed by atoms with Crippen molar-refractivity contribution in [2.45, 2.75) is 299 Å². The number of aryl methyl sites for hydroxylation is 2. The van der Waals surface area contributed by atoms with Gasteiger partial charge in [0.1, 0.15) is 34.5 Å². The number of likely N-dealkylation sites (N-methyl/N-ethyl adjacent to an activating group) is 6. The van der Waals surface area contributed by atoms with Crippen LogP contribution in [-0.2, 0) is 99.8 Å². The molecule has 18 nitrogen and oxygen atoms in total. The minimum Gasteiger partial charge on any atom is -0.483 e. The Labute approximate surface area is 742 Å². The van der Waals surface area contributed by atoms with Gasteiger partial charge in [0.25, 0.3) is 35.4 Å². The molecule has 0 fully saturated rings. The Hall–Kier alpha value is -9.06. The lowest BCUT2D eigenvalue weighted by molar-refractivity contribution is -0.133. The second-order valence-corrected chi connectivity index (χ2v) is 39.2. The Morgan fingerprint density at radius 1 is 0.220 bits per heavy atom. The zero-order chi connectivity index (χ0) is 92.2. The first-order chi connectivity index (χ1) is 57.6. The van der Waals surface area contributed by atoms with E-state index in [1.54, 1.807) is 29.4 Å². The molecule has 0 aromatic heterocycles. The molecule has 0 aliphatic rings. The van der Waals surface area contributed by atoms with Crippen LogP contribution in [0.15, 0.2) is 72.8 Å². The third-order valence-corrected chi connectivity index (χ3v) is 23.9. The van der Waals surface area contributed by atoms with Crippen LogP contribution in [0, 0.1) is 6.92 Å². The van der Waals surface area contributed by atoms with Gasteiger partial charge in [-0.15, -0.1) is 0 Å². The van der Waals surface area contributed by atoms with E-state index < -0.39 is 21.7 Å². The molecule has 6 amide bonds. The molecule has 6 aromatic carbocycles. The Kier molecular flexibility index (Phi) is 37.3. The van der Waals surface area contributed by atoms with E-state index in [1.165, 1.54) is 0 Å². The molecule has 0 atom stereocenters. The molecule has 0 saturated carbocycles. The molecule has 0 spiro atoms. The summed E-state index contributed by atoms with van der Waals surface area (Å²) in [5.41, 5.74) is 14.0. The molecule has 0 unspecified atom stereocenters. The van der Waals surface area contributed by atoms with Gasteiger partial charge in [0.15, 0.2) is 39.6 Å². The Bertz CT molecular complexity index is 4560. The highest BCUT2D eigenvalue weighted by Crippen LogP contribution is 2.46. The number of rotatable bonds is 42. The Morgan fingerprint density at radius 3 is 0.512 bits per heavy atom. The average molecular weight is 1700 g/mol. The quantitative estimate of drug-likeness (QED) is 0.0355. The maximum absolute atomic E-state index is 14.8. The van der Waals surface area contributed by atoms with Crippen molar-refractivity contribution in [3.8, 4) is 34.5 Å². The summed E-state index contributed by atoms with van der Waals surface area (Å²) in [4.78, 5) is 97.3. The van der Waals surface area contributed by atoms with E-state index in [1.807, 2.05) is 90.0 Å². The van der Waals surface area contributed by atoms with Gasteiger partial charge in [0, 0.05) is 111 Å². The lowest BCUT2D eigenvalue weighted by Crippen LogP contribution is -2.35. The van der Waals surface area contributed by atoms with Gasteiger partial charge in [0.2, 0.25) is 0 Å². The largest absolute Gasteiger partial charge is 0.483 e. The number of hydrogen-bond donors (Lipinski definition) is 0. The van der Waals surface area contributed by atoms with Crippen molar-refractivity contribution in [3.05, 3.63) is 173 Å². The summed E-state index contributed by atoms with van der Waals surface area (Å²) in [6.07, 6.45) is 2.86. The van der Waals surface area contributed by atoms with Crippen molar-refractivity contribution in [3.63, 3.8) is 0 Å². The zero-order valence-corrected chi connectivity index (χ0v) is 82.2. The molecule has 0 aliphatic carbocycles. The van der Waals surface area contributed by atoms with E-state index in [2.05, 4.69) is 204 Å². The molecular formula is C105H158N6O12. The van der Waals surface area contributed by atoms with E-state index in [0.717, 1.165) is 107 Å². The van der Waals surface area contributed by atoms with Gasteiger partial charge in [-0.05, 0) is 229 Å². The summed E-state index contributed by atoms with van der Waals surface area (Å²) >= 11 is 0. The molecule has 0 N–H and O–H groups in total. The van der Waals surface area contributed by atoms with E-state index in [4.69, 9.17) is 28.4 Å². The normalized spacial score (nSPS) is 12.1. The second-order valence-electron chi connectivity index (χ2n) is 39.2. The van der Waals surface area contributed by atoms with Crippen LogP contribution in [0.1, 0.15) is 321 Å². The molecule has 0 radical (unpaired) electrons. The van der Waals surface area contributed by atoms with Crippen molar-refractivity contribution < 1.29 is 57.2 Å². The van der Waals surface area contributed by atoms with Gasteiger partial charge in [-0.1, -0.05) is 211 Å². The lowest BCUT2D eigenvalue weighted by Gasteiger charge is -2.29. The predicted octanol–water partition coefficient (Wildman–Crippen LogP) is 20.2. The Morgan fingerprint density at radius 2 is 0.358 bits per heavy atom. The van der Waals surface area contributed by atoms with Crippen molar-refractivity contribution in [2.24, 2.45) is 0 Å². The maximum atomic E-state index is 14.8. The van der Waals surface area contributed by atoms with Gasteiger partial charge in [-0.3, -0.25) is 28.8 Å². The fourth-order valence-electron chi connectivity index (χ4n) is 16.0. The van der Waals surface area contributed by atoms with Gasteiger partial charge in [-0.2, -0.15) is 0 Å². The van der Waals surface area contributed by atoms with Crippen molar-refractivity contribution in [2.75, 3.05) is 118 Å². The van der Waals surface area contributed by atoms with Crippen molar-refractivity contribution in [1.82, 2.24) is 29.4 Å². The van der Waals surface area contributed by atoms with Crippen LogP contribution in [-0.4, -0.2) is 183 Å². The van der Waals surface area contributed by atoms with Gasteiger partial charge in [-0.25, -0.2) is 0 Å². The molecule has 0 heterocycles. The van der Waals surface area contributed by atoms with Crippen molar-refractivity contribution >= 4 is 35.4 Å². The number of nitrogens with zero attached hydrogens (tertiary/aromatic N) is 6. The summed E-state index contributed by atoms with van der Waals surface area (Å²) < 4.78 is 42.6. The highest BCUT2D eigenvalue weighted by atomic mass is 16.5. The molecule has 0 aliphatic heterocycles. The van der Waals surface area contributed by atoms with Gasteiger partial charge >= 0.3 is 0 Å². The van der Waals surface area contributed by atoms with Crippen LogP contribution >= 0.6 is 0 Å². The Balaban J connectivity index is 1.83. The molecule has 123 heavy (non-hydrogen) atoms. The first kappa shape index (κ1) is 103. The first-order valence-corrected chi connectivity index (χ1v) is 45.9. The minimum atomic E-state index is -0.473. The lowest BCUT2D eigenvalue weighted by atomic mass is 9.79. The molecule has 0 saturated heterocycles. The van der Waals surface area contributed by atoms with Crippen LogP contribution in [0.5, 0.6) is 34.5 Å². The smallest absolute Gasteiger partial charge is 0.260 e. The molecular weight excluding hydrogens is 1540 g/mol. The highest BCUT2D eigenvalue weighted by Gasteiger charge is 2.33. The van der Waals surface area contributed by atoms with E-state index >= 15 is 0 Å². The second kappa shape index (κ2) is 44.7. The zero-order valence-electron chi connectivity index (χ0n) is 82.2. The maximum Gasteiger partial charge on any atom is 0.260 e. The molecule has 680 valence electrons. The first-order valence-electron chi connectivity index (χ1n) is 45.9. The summed E-state index contributed by atoms with van der Waals surface area (Å²) in [6.45, 7) is 72.3. The number of carbonyl (C=O) groups is 6. The van der Waals surface area contributed by atoms with E-state index in [9.17, 15) is 28.8 Å². The predicted molar refractivity (Wildman–Crippen MR) is 504 cm³/mol. The monoisotopic (exact) mass is 1700 g/mol. The highest BCUT2D eigenvalue weighted by molar-refractivity contribution is 5.81. The van der Waals surface area contributed by atoms with Crippen LogP contribution in [0.4, 0.5) is 0 Å². The minimum absolute atomic E-state index is 0.0976. The van der Waals surface area contributed by atoms with E-state index in [0.29, 0.717) is 132 Å². The fraction of sp³-hybridized carbons (Fsp3) is 0.600. The summed E-state index contributed by atoms with van der Waals surface area (Å²) in [7, 11) is 0. The van der Waals surface area contributed by atoms with Crippen molar-refractivity contribution in [1.29, 1.82) is 0 Å². The van der Waals surface area contributed by atoms with Crippen LogP contribution in [0.2, 0.25) is 0 Å². The standard InChI is InChI=1S/C105H158N6O12/c1-33-46-71-53-83(101(18,19)20)55-73(95(71)119-65-89(113)107(36-4)37-5)49-75-57-85(103(24,25)26)59-77(97(75)121-67-91(115)109(40-8)41-9)51-79-61-87(105(30,31)32)63-81(99(79)123-69-93(117)111(44-12)45-13)52-80-62-86(104(27,28)29)60-78(98(80)122-68-92(116)110(42-10)43-11)50-76-58-84(102(21,22)23)56-74(96(76)120-66-90(114)108(38-6)39-7)48-72-54-82(100(15,16)17)47-70(14)94(72)118-64-88(112)106(34-2)35-3/h47,53-63H,33-46,48-52,64-69H2,1-32H3. The molecule has 6 rings (SSSR count). The van der Waals surface area contributed by atoms with Crippen LogP contribution in [0.3, 0.4) is 0 Å². The average Bonchev–Trinajstić information content (AvgIpc) is 0.730. The number of benzene rings is 6. The van der Waals surface area contributed by atoms with Crippen LogP contribution < -0.4 is 28.4 Å². The summed E-state index contributed by atoms with van der Waals surface area (Å²) in [6, 6.07) is 26.5. The van der Waals surface area contributed by atoms with E-state index in [-0.39, 0.29) is 105 Å². The molecule has 18 heteroatoms. The molecule has 6 aromatic rings. The van der Waals surface area contributed by atoms with Gasteiger partial charge < -0.3 is 57.8 Å². The topological polar surface area (TPSA) is 177 Å². The third kappa shape index (κ3) is 27.7. The number of ether oxygens (including phenoxy) is 6. The SMILES string of the molecule is CCCc1cc(C(C)(C)C)cc(Cc2cc(C(C)(C)C)cc(Cc3cc(C(C)(C)C)cc(Cc4cc(C(C)(C)C)cc(Cc5cc(C(C)(C)C)cc(Cc6cc(C(C)(C)C)cc(C)c6OCC(=O)N(CC)CC)c5OCC(=O)N(CC)CC)c4OCC(=O)N(CC)CC)c3OCC(=O)N(CC)CC)c2OCC(=O)N(CC)CC)c1OCC(=O)N(CC)CC. The van der Waals surface area contributed by atoms with Crippen LogP contribution in [0.25, 0.3) is 0 Å². The van der Waals surface area contributed by atoms with Gasteiger partial charge in [0.05, 0.1) is 0 Å². The summed E-state index contributed by atoms with van der Waals surface area (Å²) in [5.74, 6) is 2.48. The number of hydrogen-bond acceptors (Lipinski definition) is 12. The molecule has 0 bridgehead atoms.